The Labute approximate surface area is 140 Å². The molecule has 0 atom stereocenters. The van der Waals surface area contributed by atoms with Crippen molar-refractivity contribution in [1.82, 2.24) is 0 Å². The average molecular weight is 318 g/mol. The van der Waals surface area contributed by atoms with Crippen LogP contribution in [0.4, 0.5) is 0 Å². The predicted molar refractivity (Wildman–Crippen MR) is 95.8 cm³/mol. The zero-order valence-electron chi connectivity index (χ0n) is 13.3. The molecule has 1 aromatic heterocycles. The van der Waals surface area contributed by atoms with Crippen LogP contribution in [0, 0.1) is 0 Å². The smallest absolute Gasteiger partial charge is 0.139 e. The number of hydrogen-bond donors (Lipinski definition) is 0. The molecular formula is C21H18O3. The lowest BCUT2D eigenvalue weighted by Crippen LogP contribution is -2.04. The summed E-state index contributed by atoms with van der Waals surface area (Å²) in [4.78, 5) is 0. The molecule has 0 N–H and O–H groups in total. The average Bonchev–Trinajstić information content (AvgIpc) is 3.00. The van der Waals surface area contributed by atoms with Crippen molar-refractivity contribution >= 4 is 21.9 Å². The highest BCUT2D eigenvalue weighted by Crippen LogP contribution is 2.30. The minimum absolute atomic E-state index is 0.610. The van der Waals surface area contributed by atoms with Gasteiger partial charge in [0.05, 0.1) is 13.2 Å². The van der Waals surface area contributed by atoms with Gasteiger partial charge in [0, 0.05) is 23.3 Å². The second-order valence-corrected chi connectivity index (χ2v) is 5.62. The zero-order chi connectivity index (χ0) is 16.2. The van der Waals surface area contributed by atoms with E-state index in [0.29, 0.717) is 13.2 Å². The number of furan rings is 1. The third-order valence-electron chi connectivity index (χ3n) is 3.92. The van der Waals surface area contributed by atoms with Crippen LogP contribution < -0.4 is 9.47 Å². The number of fused-ring (bicyclic) bond motifs is 3. The lowest BCUT2D eigenvalue weighted by Gasteiger charge is -2.07. The normalized spacial score (nSPS) is 11.0. The third kappa shape index (κ3) is 3.06. The molecule has 0 saturated heterocycles. The number of benzene rings is 3. The fourth-order valence-corrected chi connectivity index (χ4v) is 2.75. The maximum atomic E-state index is 5.87. The number of hydrogen-bond acceptors (Lipinski definition) is 3. The van der Waals surface area contributed by atoms with Crippen molar-refractivity contribution in [3.8, 4) is 11.5 Å². The SMILES string of the molecule is c1ccc(OCCCOc2ccc3c(c2)oc2ccccc23)cc1. The summed E-state index contributed by atoms with van der Waals surface area (Å²) in [6.07, 6.45) is 0.826. The summed E-state index contributed by atoms with van der Waals surface area (Å²) in [5, 5.41) is 2.25. The molecule has 0 amide bonds. The standard InChI is InChI=1S/C21H18O3/c1-2-7-16(8-3-1)22-13-6-14-23-17-11-12-19-18-9-4-5-10-20(18)24-21(19)15-17/h1-5,7-12,15H,6,13-14H2. The number of rotatable bonds is 6. The van der Waals surface area contributed by atoms with E-state index in [4.69, 9.17) is 13.9 Å². The molecule has 3 heteroatoms. The van der Waals surface area contributed by atoms with E-state index in [2.05, 4.69) is 12.1 Å². The molecule has 4 rings (SSSR count). The molecular weight excluding hydrogens is 300 g/mol. The monoisotopic (exact) mass is 318 g/mol. The van der Waals surface area contributed by atoms with Gasteiger partial charge in [-0.3, -0.25) is 0 Å². The zero-order valence-corrected chi connectivity index (χ0v) is 13.3. The van der Waals surface area contributed by atoms with Crippen LogP contribution in [-0.4, -0.2) is 13.2 Å². The van der Waals surface area contributed by atoms with Crippen LogP contribution in [0.1, 0.15) is 6.42 Å². The summed E-state index contributed by atoms with van der Waals surface area (Å²) < 4.78 is 17.3. The predicted octanol–water partition coefficient (Wildman–Crippen LogP) is 5.43. The van der Waals surface area contributed by atoms with E-state index in [-0.39, 0.29) is 0 Å². The van der Waals surface area contributed by atoms with E-state index < -0.39 is 0 Å². The summed E-state index contributed by atoms with van der Waals surface area (Å²) in [5.74, 6) is 1.71. The van der Waals surface area contributed by atoms with Crippen LogP contribution in [0.2, 0.25) is 0 Å². The quantitative estimate of drug-likeness (QED) is 0.444. The van der Waals surface area contributed by atoms with Crippen molar-refractivity contribution in [3.63, 3.8) is 0 Å². The molecule has 3 aromatic carbocycles. The molecule has 3 nitrogen and oxygen atoms in total. The summed E-state index contributed by atoms with van der Waals surface area (Å²) in [6, 6.07) is 23.9. The van der Waals surface area contributed by atoms with Crippen molar-refractivity contribution in [2.24, 2.45) is 0 Å². The molecule has 0 aliphatic carbocycles. The Bertz CT molecular complexity index is 941. The van der Waals surface area contributed by atoms with Crippen molar-refractivity contribution in [3.05, 3.63) is 72.8 Å². The Balaban J connectivity index is 1.36. The second kappa shape index (κ2) is 6.67. The fraction of sp³-hybridized carbons (Fsp3) is 0.143. The van der Waals surface area contributed by atoms with Gasteiger partial charge in [-0.25, -0.2) is 0 Å². The summed E-state index contributed by atoms with van der Waals surface area (Å²) in [5.41, 5.74) is 1.76. The van der Waals surface area contributed by atoms with Crippen LogP contribution in [0.15, 0.2) is 77.2 Å². The summed E-state index contributed by atoms with van der Waals surface area (Å²) >= 11 is 0. The molecule has 0 aliphatic rings. The first-order valence-electron chi connectivity index (χ1n) is 8.12. The Morgan fingerprint density at radius 3 is 2.21 bits per heavy atom. The van der Waals surface area contributed by atoms with Gasteiger partial charge in [0.1, 0.15) is 22.7 Å². The van der Waals surface area contributed by atoms with Gasteiger partial charge in [0.25, 0.3) is 0 Å². The Morgan fingerprint density at radius 1 is 0.625 bits per heavy atom. The van der Waals surface area contributed by atoms with Gasteiger partial charge in [0.15, 0.2) is 0 Å². The van der Waals surface area contributed by atoms with Crippen LogP contribution in [0.5, 0.6) is 11.5 Å². The van der Waals surface area contributed by atoms with E-state index in [1.807, 2.05) is 60.7 Å². The molecule has 0 radical (unpaired) electrons. The van der Waals surface area contributed by atoms with Crippen molar-refractivity contribution < 1.29 is 13.9 Å². The Hall–Kier alpha value is -2.94. The highest BCUT2D eigenvalue weighted by molar-refractivity contribution is 6.05. The highest BCUT2D eigenvalue weighted by atomic mass is 16.5. The van der Waals surface area contributed by atoms with Crippen LogP contribution in [0.25, 0.3) is 21.9 Å². The Morgan fingerprint density at radius 2 is 1.33 bits per heavy atom. The van der Waals surface area contributed by atoms with Crippen LogP contribution in [-0.2, 0) is 0 Å². The van der Waals surface area contributed by atoms with Gasteiger partial charge in [-0.05, 0) is 30.3 Å². The lowest BCUT2D eigenvalue weighted by molar-refractivity contribution is 0.247. The molecule has 0 aliphatic heterocycles. The maximum absolute atomic E-state index is 5.87. The van der Waals surface area contributed by atoms with E-state index in [1.165, 1.54) is 0 Å². The molecule has 0 unspecified atom stereocenters. The number of para-hydroxylation sites is 2. The van der Waals surface area contributed by atoms with E-state index in [0.717, 1.165) is 39.9 Å². The second-order valence-electron chi connectivity index (χ2n) is 5.62. The van der Waals surface area contributed by atoms with Crippen LogP contribution >= 0.6 is 0 Å². The summed E-state index contributed by atoms with van der Waals surface area (Å²) in [7, 11) is 0. The minimum Gasteiger partial charge on any atom is -0.493 e. The first-order valence-corrected chi connectivity index (χ1v) is 8.12. The fourth-order valence-electron chi connectivity index (χ4n) is 2.75. The molecule has 1 heterocycles. The molecule has 24 heavy (non-hydrogen) atoms. The van der Waals surface area contributed by atoms with E-state index in [1.54, 1.807) is 0 Å². The van der Waals surface area contributed by atoms with E-state index in [9.17, 15) is 0 Å². The third-order valence-corrected chi connectivity index (χ3v) is 3.92. The first-order chi connectivity index (χ1) is 11.9. The molecule has 0 saturated carbocycles. The Kier molecular flexibility index (Phi) is 4.07. The minimum atomic E-state index is 0.610. The number of ether oxygens (including phenoxy) is 2. The van der Waals surface area contributed by atoms with Crippen molar-refractivity contribution in [1.29, 1.82) is 0 Å². The summed E-state index contributed by atoms with van der Waals surface area (Å²) in [6.45, 7) is 1.25. The lowest BCUT2D eigenvalue weighted by atomic mass is 10.1. The van der Waals surface area contributed by atoms with Crippen LogP contribution in [0.3, 0.4) is 0 Å². The van der Waals surface area contributed by atoms with Gasteiger partial charge in [-0.15, -0.1) is 0 Å². The van der Waals surface area contributed by atoms with Gasteiger partial charge >= 0.3 is 0 Å². The van der Waals surface area contributed by atoms with Gasteiger partial charge < -0.3 is 13.9 Å². The topological polar surface area (TPSA) is 31.6 Å². The first kappa shape index (κ1) is 14.6. The molecule has 0 spiro atoms. The van der Waals surface area contributed by atoms with Gasteiger partial charge in [-0.1, -0.05) is 36.4 Å². The van der Waals surface area contributed by atoms with E-state index >= 15 is 0 Å². The van der Waals surface area contributed by atoms with Gasteiger partial charge in [0.2, 0.25) is 0 Å². The molecule has 120 valence electrons. The van der Waals surface area contributed by atoms with Crippen molar-refractivity contribution in [2.75, 3.05) is 13.2 Å². The largest absolute Gasteiger partial charge is 0.493 e. The molecule has 0 bridgehead atoms. The molecule has 0 fully saturated rings. The maximum Gasteiger partial charge on any atom is 0.139 e. The molecule has 4 aromatic rings. The van der Waals surface area contributed by atoms with Gasteiger partial charge in [-0.2, -0.15) is 0 Å². The highest BCUT2D eigenvalue weighted by Gasteiger charge is 2.07. The van der Waals surface area contributed by atoms with Crippen molar-refractivity contribution in [2.45, 2.75) is 6.42 Å².